The first-order chi connectivity index (χ1) is 4.72. The van der Waals surface area contributed by atoms with Crippen molar-refractivity contribution in [3.8, 4) is 0 Å². The van der Waals surface area contributed by atoms with Gasteiger partial charge in [-0.3, -0.25) is 0 Å². The number of hydrogen-bond acceptors (Lipinski definition) is 1. The molecule has 0 aromatic rings. The Morgan fingerprint density at radius 3 is 2.80 bits per heavy atom. The zero-order valence-electron chi connectivity index (χ0n) is 5.56. The highest BCUT2D eigenvalue weighted by Crippen LogP contribution is 2.24. The van der Waals surface area contributed by atoms with Crippen LogP contribution in [0.25, 0.3) is 0 Å². The van der Waals surface area contributed by atoms with Gasteiger partial charge in [-0.1, -0.05) is 11.5 Å². The van der Waals surface area contributed by atoms with Gasteiger partial charge in [0, 0.05) is 5.38 Å². The van der Waals surface area contributed by atoms with Crippen LogP contribution in [0.15, 0.2) is 11.5 Å². The van der Waals surface area contributed by atoms with Gasteiger partial charge in [-0.05, 0) is 12.8 Å². The molecule has 0 fully saturated rings. The zero-order chi connectivity index (χ0) is 7.56. The first-order valence-corrected chi connectivity index (χ1v) is 4.18. The predicted octanol–water partition coefficient (Wildman–Crippen LogP) is 1.22. The maximum atomic E-state index is 8.74. The molecule has 1 nitrogen and oxygen atoms in total. The van der Waals surface area contributed by atoms with Crippen LogP contribution in [0.3, 0.4) is 0 Å². The monoisotopic (exact) mass is 178 g/mol. The van der Waals surface area contributed by atoms with E-state index in [4.69, 9.17) is 28.2 Å². The van der Waals surface area contributed by atoms with Crippen molar-refractivity contribution in [2.45, 2.75) is 23.6 Å². The number of halogens is 2. The maximum Gasteiger partial charge on any atom is 0.300 e. The van der Waals surface area contributed by atoms with Gasteiger partial charge in [0.05, 0.1) is 5.38 Å². The van der Waals surface area contributed by atoms with E-state index in [0.29, 0.717) is 0 Å². The van der Waals surface area contributed by atoms with Crippen molar-refractivity contribution >= 4 is 30.7 Å². The summed E-state index contributed by atoms with van der Waals surface area (Å²) >= 11 is 11.7. The molecule has 0 amide bonds. The molecule has 0 saturated carbocycles. The van der Waals surface area contributed by atoms with Crippen molar-refractivity contribution in [2.24, 2.45) is 0 Å². The Kier molecular flexibility index (Phi) is 3.08. The summed E-state index contributed by atoms with van der Waals surface area (Å²) in [5, 5.41) is 8.86. The maximum absolute atomic E-state index is 8.74. The molecule has 1 N–H and O–H groups in total. The normalized spacial score (nSPS) is 33.3. The van der Waals surface area contributed by atoms with E-state index in [0.717, 1.165) is 18.3 Å². The van der Waals surface area contributed by atoms with Crippen molar-refractivity contribution in [1.29, 1.82) is 0 Å². The van der Waals surface area contributed by atoms with E-state index in [2.05, 4.69) is 0 Å². The standard InChI is InChI=1S/C6H9BCl2O/c8-5-1-4(7-10)2-6(9)3-5/h1,5-7,10H,2-3H2. The van der Waals surface area contributed by atoms with Gasteiger partial charge in [0.15, 0.2) is 0 Å². The number of hydrogen-bond donors (Lipinski definition) is 1. The third-order valence-electron chi connectivity index (χ3n) is 1.58. The van der Waals surface area contributed by atoms with E-state index >= 15 is 0 Å². The van der Waals surface area contributed by atoms with Crippen LogP contribution in [-0.2, 0) is 0 Å². The Balaban J connectivity index is 2.56. The Morgan fingerprint density at radius 2 is 2.30 bits per heavy atom. The second-order valence-electron chi connectivity index (χ2n) is 2.54. The molecule has 2 unspecified atom stereocenters. The van der Waals surface area contributed by atoms with Crippen LogP contribution < -0.4 is 0 Å². The van der Waals surface area contributed by atoms with Gasteiger partial charge in [0.1, 0.15) is 0 Å². The molecular formula is C6H9BCl2O. The molecule has 1 aliphatic carbocycles. The molecule has 0 aromatic carbocycles. The lowest BCUT2D eigenvalue weighted by Crippen LogP contribution is -2.16. The Labute approximate surface area is 71.3 Å². The third-order valence-corrected chi connectivity index (χ3v) is 2.22. The first-order valence-electron chi connectivity index (χ1n) is 3.31. The number of alkyl halides is 2. The highest BCUT2D eigenvalue weighted by atomic mass is 35.5. The largest absolute Gasteiger partial charge is 0.449 e. The van der Waals surface area contributed by atoms with Gasteiger partial charge >= 0.3 is 0 Å². The Bertz CT molecular complexity index is 149. The van der Waals surface area contributed by atoms with E-state index in [-0.39, 0.29) is 18.2 Å². The molecule has 1 aliphatic rings. The summed E-state index contributed by atoms with van der Waals surface area (Å²) in [5.41, 5.74) is 0.964. The molecular weight excluding hydrogens is 170 g/mol. The molecule has 2 atom stereocenters. The van der Waals surface area contributed by atoms with Crippen molar-refractivity contribution < 1.29 is 5.02 Å². The fourth-order valence-electron chi connectivity index (χ4n) is 1.12. The second kappa shape index (κ2) is 3.65. The summed E-state index contributed by atoms with van der Waals surface area (Å²) < 4.78 is 0. The van der Waals surface area contributed by atoms with Crippen LogP contribution in [-0.4, -0.2) is 23.3 Å². The average molecular weight is 179 g/mol. The molecule has 0 radical (unpaired) electrons. The van der Waals surface area contributed by atoms with Gasteiger partial charge in [-0.25, -0.2) is 0 Å². The molecule has 0 bridgehead atoms. The molecule has 1 rings (SSSR count). The minimum atomic E-state index is 0.0124. The lowest BCUT2D eigenvalue weighted by atomic mass is 9.80. The van der Waals surface area contributed by atoms with Crippen molar-refractivity contribution in [3.05, 3.63) is 11.5 Å². The molecule has 4 heteroatoms. The minimum absolute atomic E-state index is 0.0124. The van der Waals surface area contributed by atoms with Crippen LogP contribution >= 0.6 is 23.2 Å². The molecule has 0 aliphatic heterocycles. The van der Waals surface area contributed by atoms with Crippen LogP contribution in [0.2, 0.25) is 0 Å². The predicted molar refractivity (Wildman–Crippen MR) is 46.0 cm³/mol. The minimum Gasteiger partial charge on any atom is -0.449 e. The van der Waals surface area contributed by atoms with Gasteiger partial charge < -0.3 is 5.02 Å². The van der Waals surface area contributed by atoms with E-state index in [1.54, 1.807) is 0 Å². The summed E-state index contributed by atoms with van der Waals surface area (Å²) in [6.45, 7) is 0. The fraction of sp³-hybridized carbons (Fsp3) is 0.667. The van der Waals surface area contributed by atoms with Crippen molar-refractivity contribution in [2.75, 3.05) is 0 Å². The van der Waals surface area contributed by atoms with Gasteiger partial charge in [-0.15, -0.1) is 23.2 Å². The smallest absolute Gasteiger partial charge is 0.300 e. The summed E-state index contributed by atoms with van der Waals surface area (Å²) in [4.78, 5) is 0. The second-order valence-corrected chi connectivity index (χ2v) is 3.71. The van der Waals surface area contributed by atoms with Crippen LogP contribution in [0, 0.1) is 0 Å². The zero-order valence-corrected chi connectivity index (χ0v) is 7.07. The molecule has 0 aromatic heterocycles. The van der Waals surface area contributed by atoms with E-state index in [9.17, 15) is 0 Å². The molecule has 0 heterocycles. The summed E-state index contributed by atoms with van der Waals surface area (Å²) in [7, 11) is 0.0897. The van der Waals surface area contributed by atoms with Crippen molar-refractivity contribution in [1.82, 2.24) is 0 Å². The lowest BCUT2D eigenvalue weighted by Gasteiger charge is -2.19. The molecule has 0 spiro atoms. The fourth-order valence-corrected chi connectivity index (χ4v) is 2.00. The van der Waals surface area contributed by atoms with Crippen LogP contribution in [0.1, 0.15) is 12.8 Å². The molecule has 10 heavy (non-hydrogen) atoms. The Hall–Kier alpha value is 0.345. The Morgan fingerprint density at radius 1 is 1.60 bits per heavy atom. The summed E-state index contributed by atoms with van der Waals surface area (Å²) in [6, 6.07) is 0. The SMILES string of the molecule is OBC1=CC(Cl)CC(Cl)C1. The van der Waals surface area contributed by atoms with Gasteiger partial charge in [-0.2, -0.15) is 0 Å². The summed E-state index contributed by atoms with van der Waals surface area (Å²) in [5.74, 6) is 0. The van der Waals surface area contributed by atoms with Gasteiger partial charge in [0.2, 0.25) is 0 Å². The number of allylic oxidation sites excluding steroid dienone is 2. The first kappa shape index (κ1) is 8.44. The van der Waals surface area contributed by atoms with Crippen LogP contribution in [0.5, 0.6) is 0 Å². The average Bonchev–Trinajstić information content (AvgIpc) is 1.85. The van der Waals surface area contributed by atoms with Gasteiger partial charge in [0.25, 0.3) is 7.48 Å². The highest BCUT2D eigenvalue weighted by molar-refractivity contribution is 6.38. The van der Waals surface area contributed by atoms with E-state index in [1.807, 2.05) is 6.08 Å². The lowest BCUT2D eigenvalue weighted by molar-refractivity contribution is 0.601. The van der Waals surface area contributed by atoms with E-state index in [1.165, 1.54) is 0 Å². The third kappa shape index (κ3) is 2.19. The molecule has 0 saturated heterocycles. The quantitative estimate of drug-likeness (QED) is 0.473. The topological polar surface area (TPSA) is 20.2 Å². The molecule has 56 valence electrons. The van der Waals surface area contributed by atoms with Crippen LogP contribution in [0.4, 0.5) is 0 Å². The highest BCUT2D eigenvalue weighted by Gasteiger charge is 2.18. The van der Waals surface area contributed by atoms with Crippen molar-refractivity contribution in [3.63, 3.8) is 0 Å². The number of rotatable bonds is 1. The van der Waals surface area contributed by atoms with E-state index < -0.39 is 0 Å². The summed E-state index contributed by atoms with van der Waals surface area (Å²) in [6.07, 6.45) is 3.48.